The largest absolute Gasteiger partial charge is 0.382 e. The summed E-state index contributed by atoms with van der Waals surface area (Å²) in [6.07, 6.45) is 2.18. The number of nitro groups is 1. The first-order valence-electron chi connectivity index (χ1n) is 7.09. The molecule has 1 saturated heterocycles. The molecule has 0 aliphatic carbocycles. The summed E-state index contributed by atoms with van der Waals surface area (Å²) in [4.78, 5) is 13.3. The Bertz CT molecular complexity index is 478. The fraction of sp³-hybridized carbons (Fsp3) is 0.571. The Kier molecular flexibility index (Phi) is 4.79. The van der Waals surface area contributed by atoms with Crippen molar-refractivity contribution >= 4 is 17.1 Å². The molecule has 1 aliphatic rings. The second-order valence-electron chi connectivity index (χ2n) is 5.09. The van der Waals surface area contributed by atoms with Crippen LogP contribution < -0.4 is 10.6 Å². The molecule has 6 nitrogen and oxygen atoms in total. The molecule has 0 saturated carbocycles. The van der Waals surface area contributed by atoms with Crippen molar-refractivity contribution < 1.29 is 4.92 Å². The van der Waals surface area contributed by atoms with Gasteiger partial charge in [0, 0.05) is 19.6 Å². The highest BCUT2D eigenvalue weighted by atomic mass is 16.6. The fourth-order valence-electron chi connectivity index (χ4n) is 2.74. The summed E-state index contributed by atoms with van der Waals surface area (Å²) in [6.45, 7) is 5.23. The maximum Gasteiger partial charge on any atom is 0.315 e. The number of para-hydroxylation sites is 1. The topological polar surface area (TPSA) is 70.4 Å². The van der Waals surface area contributed by atoms with Gasteiger partial charge in [0.2, 0.25) is 0 Å². The third-order valence-corrected chi connectivity index (χ3v) is 3.80. The van der Waals surface area contributed by atoms with Crippen molar-refractivity contribution in [3.05, 3.63) is 28.3 Å². The van der Waals surface area contributed by atoms with Crippen molar-refractivity contribution in [3.63, 3.8) is 0 Å². The van der Waals surface area contributed by atoms with Crippen molar-refractivity contribution in [3.8, 4) is 0 Å². The van der Waals surface area contributed by atoms with E-state index in [0.717, 1.165) is 32.5 Å². The molecule has 0 spiro atoms. The van der Waals surface area contributed by atoms with Gasteiger partial charge >= 0.3 is 5.69 Å². The number of hydrogen-bond donors (Lipinski definition) is 2. The van der Waals surface area contributed by atoms with E-state index in [2.05, 4.69) is 22.5 Å². The molecule has 20 heavy (non-hydrogen) atoms. The van der Waals surface area contributed by atoms with E-state index >= 15 is 0 Å². The lowest BCUT2D eigenvalue weighted by Gasteiger charge is -2.32. The standard InChI is InChI=1S/C14H22N4O2/c1-3-17-9-5-6-11(10-17)16-13-8-4-7-12(15-2)14(13)18(19)20/h4,7-8,11,15-16H,3,5-6,9-10H2,1-2H3. The molecule has 0 aromatic heterocycles. The van der Waals surface area contributed by atoms with E-state index in [1.807, 2.05) is 6.07 Å². The molecule has 110 valence electrons. The van der Waals surface area contributed by atoms with E-state index in [9.17, 15) is 10.1 Å². The summed E-state index contributed by atoms with van der Waals surface area (Å²) in [7, 11) is 1.70. The monoisotopic (exact) mass is 278 g/mol. The zero-order valence-electron chi connectivity index (χ0n) is 12.1. The number of anilines is 2. The Morgan fingerprint density at radius 2 is 2.20 bits per heavy atom. The zero-order chi connectivity index (χ0) is 14.5. The van der Waals surface area contributed by atoms with Crippen LogP contribution in [0.3, 0.4) is 0 Å². The van der Waals surface area contributed by atoms with Crippen molar-refractivity contribution in [2.24, 2.45) is 0 Å². The van der Waals surface area contributed by atoms with Gasteiger partial charge in [0.1, 0.15) is 11.4 Å². The van der Waals surface area contributed by atoms with Crippen LogP contribution in [0.5, 0.6) is 0 Å². The number of nitro benzene ring substituents is 1. The first-order chi connectivity index (χ1) is 9.65. The molecular weight excluding hydrogens is 256 g/mol. The second kappa shape index (κ2) is 6.56. The normalized spacial score (nSPS) is 19.6. The molecule has 1 fully saturated rings. The van der Waals surface area contributed by atoms with Gasteiger partial charge in [-0.05, 0) is 38.1 Å². The Balaban J connectivity index is 2.18. The van der Waals surface area contributed by atoms with Gasteiger partial charge in [0.05, 0.1) is 4.92 Å². The number of rotatable bonds is 5. The van der Waals surface area contributed by atoms with Crippen LogP contribution in [0.1, 0.15) is 19.8 Å². The smallest absolute Gasteiger partial charge is 0.315 e. The van der Waals surface area contributed by atoms with E-state index < -0.39 is 0 Å². The first kappa shape index (κ1) is 14.6. The van der Waals surface area contributed by atoms with Crippen molar-refractivity contribution in [1.82, 2.24) is 4.90 Å². The number of nitrogens with one attached hydrogen (secondary N) is 2. The molecular formula is C14H22N4O2. The minimum absolute atomic E-state index is 0.128. The number of hydrogen-bond acceptors (Lipinski definition) is 5. The van der Waals surface area contributed by atoms with Gasteiger partial charge in [-0.15, -0.1) is 0 Å². The number of benzene rings is 1. The summed E-state index contributed by atoms with van der Waals surface area (Å²) in [5.74, 6) is 0. The van der Waals surface area contributed by atoms with E-state index in [1.54, 1.807) is 19.2 Å². The van der Waals surface area contributed by atoms with Crippen molar-refractivity contribution in [1.29, 1.82) is 0 Å². The third kappa shape index (κ3) is 3.19. The molecule has 1 aliphatic heterocycles. The average molecular weight is 278 g/mol. The quantitative estimate of drug-likeness (QED) is 0.640. The molecule has 1 heterocycles. The van der Waals surface area contributed by atoms with Crippen LogP contribution in [-0.2, 0) is 0 Å². The van der Waals surface area contributed by atoms with Crippen LogP contribution in [0.25, 0.3) is 0 Å². The highest BCUT2D eigenvalue weighted by molar-refractivity contribution is 5.76. The minimum atomic E-state index is -0.325. The number of likely N-dealkylation sites (tertiary alicyclic amines) is 1. The number of piperidine rings is 1. The van der Waals surface area contributed by atoms with Crippen LogP contribution in [0.2, 0.25) is 0 Å². The highest BCUT2D eigenvalue weighted by Crippen LogP contribution is 2.33. The molecule has 0 radical (unpaired) electrons. The Hall–Kier alpha value is -1.82. The lowest BCUT2D eigenvalue weighted by molar-refractivity contribution is -0.383. The summed E-state index contributed by atoms with van der Waals surface area (Å²) >= 11 is 0. The third-order valence-electron chi connectivity index (χ3n) is 3.80. The highest BCUT2D eigenvalue weighted by Gasteiger charge is 2.24. The number of likely N-dealkylation sites (N-methyl/N-ethyl adjacent to an activating group) is 1. The van der Waals surface area contributed by atoms with Crippen molar-refractivity contribution in [2.45, 2.75) is 25.8 Å². The predicted octanol–water partition coefficient (Wildman–Crippen LogP) is 2.53. The lowest BCUT2D eigenvalue weighted by atomic mass is 10.0. The average Bonchev–Trinajstić information content (AvgIpc) is 2.46. The summed E-state index contributed by atoms with van der Waals surface area (Å²) in [5, 5.41) is 17.5. The van der Waals surface area contributed by atoms with Gasteiger partial charge in [0.25, 0.3) is 0 Å². The molecule has 6 heteroatoms. The molecule has 1 aromatic rings. The maximum atomic E-state index is 11.3. The Morgan fingerprint density at radius 1 is 1.45 bits per heavy atom. The first-order valence-corrected chi connectivity index (χ1v) is 7.09. The number of nitrogens with zero attached hydrogens (tertiary/aromatic N) is 2. The second-order valence-corrected chi connectivity index (χ2v) is 5.09. The molecule has 1 unspecified atom stereocenters. The zero-order valence-corrected chi connectivity index (χ0v) is 12.1. The molecule has 2 N–H and O–H groups in total. The van der Waals surface area contributed by atoms with E-state index in [1.165, 1.54) is 0 Å². The maximum absolute atomic E-state index is 11.3. The SMILES string of the molecule is CCN1CCCC(Nc2cccc(NC)c2[N+](=O)[O-])C1. The van der Waals surface area contributed by atoms with Gasteiger partial charge in [-0.3, -0.25) is 10.1 Å². The van der Waals surface area contributed by atoms with E-state index in [-0.39, 0.29) is 16.7 Å². The Morgan fingerprint density at radius 3 is 2.85 bits per heavy atom. The van der Waals surface area contributed by atoms with Crippen LogP contribution in [-0.4, -0.2) is 42.5 Å². The van der Waals surface area contributed by atoms with Crippen LogP contribution in [0, 0.1) is 10.1 Å². The minimum Gasteiger partial charge on any atom is -0.382 e. The molecule has 1 atom stereocenters. The van der Waals surface area contributed by atoms with Crippen LogP contribution in [0.15, 0.2) is 18.2 Å². The molecule has 0 bridgehead atoms. The van der Waals surface area contributed by atoms with E-state index in [0.29, 0.717) is 11.4 Å². The van der Waals surface area contributed by atoms with Gasteiger partial charge < -0.3 is 15.5 Å². The van der Waals surface area contributed by atoms with Gasteiger partial charge in [-0.1, -0.05) is 13.0 Å². The summed E-state index contributed by atoms with van der Waals surface area (Å²) in [5.41, 5.74) is 1.27. The summed E-state index contributed by atoms with van der Waals surface area (Å²) < 4.78 is 0. The fourth-order valence-corrected chi connectivity index (χ4v) is 2.74. The molecule has 0 amide bonds. The predicted molar refractivity (Wildman–Crippen MR) is 81.4 cm³/mol. The Labute approximate surface area is 119 Å². The van der Waals surface area contributed by atoms with Crippen LogP contribution >= 0.6 is 0 Å². The van der Waals surface area contributed by atoms with Gasteiger partial charge in [-0.2, -0.15) is 0 Å². The van der Waals surface area contributed by atoms with E-state index in [4.69, 9.17) is 0 Å². The summed E-state index contributed by atoms with van der Waals surface area (Å²) in [6, 6.07) is 5.61. The molecule has 2 rings (SSSR count). The van der Waals surface area contributed by atoms with Crippen molar-refractivity contribution in [2.75, 3.05) is 37.3 Å². The molecule has 1 aromatic carbocycles. The lowest BCUT2D eigenvalue weighted by Crippen LogP contribution is -2.41. The van der Waals surface area contributed by atoms with Gasteiger partial charge in [0.15, 0.2) is 0 Å². The van der Waals surface area contributed by atoms with Crippen LogP contribution in [0.4, 0.5) is 17.1 Å². The van der Waals surface area contributed by atoms with Gasteiger partial charge in [-0.25, -0.2) is 0 Å².